The van der Waals surface area contributed by atoms with Crippen LogP contribution in [0.15, 0.2) is 0 Å². The van der Waals surface area contributed by atoms with E-state index in [9.17, 15) is 0 Å². The average Bonchev–Trinajstić information content (AvgIpc) is 2.41. The molecular formula is C7H16N2O. The lowest BCUT2D eigenvalue weighted by molar-refractivity contribution is 0.0496. The molecule has 1 aliphatic rings. The molecule has 1 fully saturated rings. The van der Waals surface area contributed by atoms with E-state index in [2.05, 4.69) is 10.8 Å². The summed E-state index contributed by atoms with van der Waals surface area (Å²) < 4.78 is 0. The maximum atomic E-state index is 5.02. The van der Waals surface area contributed by atoms with Crippen molar-refractivity contribution in [3.8, 4) is 0 Å². The standard InChI is InChI=1S/C7H16N2O/c1-8-10-5-3-7-2-4-9-6-7/h7-9H,2-6H2,1H3. The maximum absolute atomic E-state index is 5.02. The van der Waals surface area contributed by atoms with Crippen molar-refractivity contribution in [2.75, 3.05) is 26.7 Å². The summed E-state index contributed by atoms with van der Waals surface area (Å²) in [5.74, 6) is 0.841. The van der Waals surface area contributed by atoms with Crippen molar-refractivity contribution < 1.29 is 4.84 Å². The third-order valence-electron chi connectivity index (χ3n) is 1.93. The van der Waals surface area contributed by atoms with Gasteiger partial charge in [0.15, 0.2) is 0 Å². The van der Waals surface area contributed by atoms with Gasteiger partial charge < -0.3 is 10.2 Å². The van der Waals surface area contributed by atoms with E-state index < -0.39 is 0 Å². The molecule has 3 nitrogen and oxygen atoms in total. The summed E-state index contributed by atoms with van der Waals surface area (Å²) in [5.41, 5.74) is 2.67. The zero-order chi connectivity index (χ0) is 7.23. The van der Waals surface area contributed by atoms with Gasteiger partial charge in [-0.2, -0.15) is 0 Å². The van der Waals surface area contributed by atoms with Crippen molar-refractivity contribution in [3.63, 3.8) is 0 Å². The van der Waals surface area contributed by atoms with Gasteiger partial charge in [-0.3, -0.25) is 0 Å². The second kappa shape index (κ2) is 4.66. The van der Waals surface area contributed by atoms with E-state index in [0.29, 0.717) is 0 Å². The first-order chi connectivity index (χ1) is 4.93. The molecule has 0 spiro atoms. The van der Waals surface area contributed by atoms with Crippen LogP contribution in [0.3, 0.4) is 0 Å². The Morgan fingerprint density at radius 1 is 1.70 bits per heavy atom. The quantitative estimate of drug-likeness (QED) is 0.435. The third kappa shape index (κ3) is 2.64. The van der Waals surface area contributed by atoms with Gasteiger partial charge in [0.1, 0.15) is 0 Å². The summed E-state index contributed by atoms with van der Waals surface area (Å²) in [6.07, 6.45) is 2.49. The highest BCUT2D eigenvalue weighted by Crippen LogP contribution is 2.10. The Morgan fingerprint density at radius 2 is 2.60 bits per heavy atom. The van der Waals surface area contributed by atoms with Crippen LogP contribution < -0.4 is 10.8 Å². The van der Waals surface area contributed by atoms with Crippen LogP contribution in [0.25, 0.3) is 0 Å². The highest BCUT2D eigenvalue weighted by atomic mass is 16.6. The van der Waals surface area contributed by atoms with Gasteiger partial charge in [0, 0.05) is 7.05 Å². The highest BCUT2D eigenvalue weighted by molar-refractivity contribution is 4.70. The van der Waals surface area contributed by atoms with Gasteiger partial charge in [0.25, 0.3) is 0 Å². The van der Waals surface area contributed by atoms with E-state index in [1.807, 2.05) is 0 Å². The predicted octanol–water partition coefficient (Wildman–Crippen LogP) is 0.137. The van der Waals surface area contributed by atoms with E-state index in [0.717, 1.165) is 12.5 Å². The monoisotopic (exact) mass is 144 g/mol. The van der Waals surface area contributed by atoms with Gasteiger partial charge in [-0.1, -0.05) is 0 Å². The van der Waals surface area contributed by atoms with E-state index in [1.54, 1.807) is 7.05 Å². The first-order valence-electron chi connectivity index (χ1n) is 3.92. The highest BCUT2D eigenvalue weighted by Gasteiger charge is 2.13. The number of hydrogen-bond donors (Lipinski definition) is 2. The summed E-state index contributed by atoms with van der Waals surface area (Å²) >= 11 is 0. The largest absolute Gasteiger partial charge is 0.316 e. The molecule has 1 rings (SSSR count). The summed E-state index contributed by atoms with van der Waals surface area (Å²) in [5, 5.41) is 3.32. The van der Waals surface area contributed by atoms with Crippen LogP contribution in [0, 0.1) is 5.92 Å². The van der Waals surface area contributed by atoms with Crippen LogP contribution >= 0.6 is 0 Å². The summed E-state index contributed by atoms with van der Waals surface area (Å²) in [6, 6.07) is 0. The average molecular weight is 144 g/mol. The Kier molecular flexibility index (Phi) is 3.72. The van der Waals surface area contributed by atoms with Crippen LogP contribution in [-0.4, -0.2) is 26.7 Å². The normalized spacial score (nSPS) is 25.5. The van der Waals surface area contributed by atoms with Crippen molar-refractivity contribution >= 4 is 0 Å². The molecule has 3 heteroatoms. The van der Waals surface area contributed by atoms with Crippen LogP contribution in [-0.2, 0) is 4.84 Å². The molecule has 0 amide bonds. The third-order valence-corrected chi connectivity index (χ3v) is 1.93. The fourth-order valence-corrected chi connectivity index (χ4v) is 1.29. The molecule has 0 saturated carbocycles. The smallest absolute Gasteiger partial charge is 0.0685 e. The first-order valence-corrected chi connectivity index (χ1v) is 3.92. The Labute approximate surface area is 62.1 Å². The number of rotatable bonds is 4. The molecule has 1 atom stereocenters. The lowest BCUT2D eigenvalue weighted by Crippen LogP contribution is -2.14. The molecular weight excluding hydrogens is 128 g/mol. The molecule has 0 bridgehead atoms. The molecule has 0 aromatic heterocycles. The topological polar surface area (TPSA) is 33.3 Å². The van der Waals surface area contributed by atoms with Crippen molar-refractivity contribution in [2.45, 2.75) is 12.8 Å². The van der Waals surface area contributed by atoms with Crippen molar-refractivity contribution in [2.24, 2.45) is 5.92 Å². The lowest BCUT2D eigenvalue weighted by Gasteiger charge is -2.06. The Bertz CT molecular complexity index is 81.7. The molecule has 10 heavy (non-hydrogen) atoms. The Hall–Kier alpha value is -0.120. The summed E-state index contributed by atoms with van der Waals surface area (Å²) in [6.45, 7) is 3.19. The fourth-order valence-electron chi connectivity index (χ4n) is 1.29. The number of hydroxylamine groups is 1. The number of hydrogen-bond acceptors (Lipinski definition) is 3. The van der Waals surface area contributed by atoms with Gasteiger partial charge in [-0.05, 0) is 31.8 Å². The van der Waals surface area contributed by atoms with E-state index >= 15 is 0 Å². The maximum Gasteiger partial charge on any atom is 0.0685 e. The lowest BCUT2D eigenvalue weighted by atomic mass is 10.1. The van der Waals surface area contributed by atoms with Gasteiger partial charge in [-0.25, -0.2) is 5.48 Å². The molecule has 1 unspecified atom stereocenters. The van der Waals surface area contributed by atoms with Crippen LogP contribution in [0.2, 0.25) is 0 Å². The summed E-state index contributed by atoms with van der Waals surface area (Å²) in [7, 11) is 1.80. The minimum Gasteiger partial charge on any atom is -0.316 e. The first kappa shape index (κ1) is 7.98. The molecule has 0 radical (unpaired) electrons. The molecule has 1 heterocycles. The van der Waals surface area contributed by atoms with Gasteiger partial charge in [0.05, 0.1) is 6.61 Å². The van der Waals surface area contributed by atoms with Gasteiger partial charge in [0.2, 0.25) is 0 Å². The van der Waals surface area contributed by atoms with E-state index in [4.69, 9.17) is 4.84 Å². The van der Waals surface area contributed by atoms with Crippen LogP contribution in [0.4, 0.5) is 0 Å². The molecule has 0 aromatic rings. The van der Waals surface area contributed by atoms with E-state index in [-0.39, 0.29) is 0 Å². The molecule has 60 valence electrons. The molecule has 1 saturated heterocycles. The Balaban J connectivity index is 1.91. The van der Waals surface area contributed by atoms with Gasteiger partial charge >= 0.3 is 0 Å². The van der Waals surface area contributed by atoms with Crippen molar-refractivity contribution in [1.29, 1.82) is 0 Å². The minimum atomic E-state index is 0.836. The van der Waals surface area contributed by atoms with Crippen LogP contribution in [0.1, 0.15) is 12.8 Å². The molecule has 0 aromatic carbocycles. The molecule has 1 aliphatic heterocycles. The summed E-state index contributed by atoms with van der Waals surface area (Å²) in [4.78, 5) is 5.02. The zero-order valence-electron chi connectivity index (χ0n) is 6.52. The fraction of sp³-hybridized carbons (Fsp3) is 1.00. The Morgan fingerprint density at radius 3 is 3.20 bits per heavy atom. The van der Waals surface area contributed by atoms with E-state index in [1.165, 1.54) is 25.9 Å². The molecule has 0 aliphatic carbocycles. The van der Waals surface area contributed by atoms with Crippen molar-refractivity contribution in [3.05, 3.63) is 0 Å². The predicted molar refractivity (Wildman–Crippen MR) is 40.6 cm³/mol. The SMILES string of the molecule is CNOCCC1CCNC1. The second-order valence-electron chi connectivity index (χ2n) is 2.70. The zero-order valence-corrected chi connectivity index (χ0v) is 6.52. The second-order valence-corrected chi connectivity index (χ2v) is 2.70. The van der Waals surface area contributed by atoms with Crippen LogP contribution in [0.5, 0.6) is 0 Å². The van der Waals surface area contributed by atoms with Crippen molar-refractivity contribution in [1.82, 2.24) is 10.8 Å². The number of nitrogens with one attached hydrogen (secondary N) is 2. The molecule has 2 N–H and O–H groups in total. The minimum absolute atomic E-state index is 0.836. The van der Waals surface area contributed by atoms with Gasteiger partial charge in [-0.15, -0.1) is 0 Å².